The van der Waals surface area contributed by atoms with Crippen LogP contribution in [0.25, 0.3) is 0 Å². The second-order valence-electron chi connectivity index (χ2n) is 5.85. The Bertz CT molecular complexity index is 449. The molecule has 19 heavy (non-hydrogen) atoms. The smallest absolute Gasteiger partial charge is 0.190 e. The fraction of sp³-hybridized carbons (Fsp3) is 0.562. The molecule has 1 fully saturated rings. The highest BCUT2D eigenvalue weighted by Crippen LogP contribution is 2.32. The summed E-state index contributed by atoms with van der Waals surface area (Å²) < 4.78 is 0. The molecule has 2 atom stereocenters. The summed E-state index contributed by atoms with van der Waals surface area (Å²) in [5.41, 5.74) is 2.32. The van der Waals surface area contributed by atoms with Crippen molar-refractivity contribution < 1.29 is 4.84 Å². The van der Waals surface area contributed by atoms with Crippen molar-refractivity contribution in [1.29, 1.82) is 0 Å². The van der Waals surface area contributed by atoms with Crippen molar-refractivity contribution in [3.8, 4) is 0 Å². The largest absolute Gasteiger partial charge is 0.375 e. The summed E-state index contributed by atoms with van der Waals surface area (Å²) in [5, 5.41) is 4.41. The summed E-state index contributed by atoms with van der Waals surface area (Å²) in [7, 11) is 0. The number of benzene rings is 1. The minimum atomic E-state index is 0.137. The number of hydrogen-bond acceptors (Lipinski definition) is 3. The van der Waals surface area contributed by atoms with Crippen molar-refractivity contribution in [3.05, 3.63) is 35.9 Å². The van der Waals surface area contributed by atoms with Crippen LogP contribution in [0.4, 0.5) is 0 Å². The fourth-order valence-electron chi connectivity index (χ4n) is 3.16. The summed E-state index contributed by atoms with van der Waals surface area (Å²) in [6, 6.07) is 10.4. The Hall–Kier alpha value is -1.35. The molecule has 2 heterocycles. The van der Waals surface area contributed by atoms with Crippen LogP contribution in [0.5, 0.6) is 0 Å². The van der Waals surface area contributed by atoms with Gasteiger partial charge in [-0.1, -0.05) is 49.3 Å². The molecule has 1 aromatic carbocycles. The van der Waals surface area contributed by atoms with Gasteiger partial charge in [-0.2, -0.15) is 0 Å². The fourth-order valence-corrected chi connectivity index (χ4v) is 3.16. The lowest BCUT2D eigenvalue weighted by molar-refractivity contribution is -0.0557. The standard InChI is InChI=1S/C16H22N2O/c1-12(2)14-15(13-8-4-3-5-9-13)17-19-16(14)18-10-6-7-11-18/h3-5,8-9,12,14,16H,6-7,10-11H2,1-2H3. The minimum absolute atomic E-state index is 0.137. The predicted octanol–water partition coefficient (Wildman–Crippen LogP) is 3.12. The first-order chi connectivity index (χ1) is 9.27. The molecule has 3 heteroatoms. The minimum Gasteiger partial charge on any atom is -0.375 e. The molecule has 0 aliphatic carbocycles. The van der Waals surface area contributed by atoms with E-state index in [0.29, 0.717) is 11.8 Å². The molecule has 2 aliphatic rings. The van der Waals surface area contributed by atoms with Gasteiger partial charge in [0.15, 0.2) is 6.23 Å². The average Bonchev–Trinajstić information content (AvgIpc) is 3.08. The van der Waals surface area contributed by atoms with Gasteiger partial charge in [-0.15, -0.1) is 0 Å². The molecule has 1 saturated heterocycles. The van der Waals surface area contributed by atoms with Gasteiger partial charge in [-0.3, -0.25) is 4.90 Å². The Balaban J connectivity index is 1.85. The molecule has 0 spiro atoms. The van der Waals surface area contributed by atoms with Crippen molar-refractivity contribution in [2.45, 2.75) is 32.9 Å². The van der Waals surface area contributed by atoms with Crippen LogP contribution in [0.1, 0.15) is 32.3 Å². The Morgan fingerprint density at radius 3 is 2.47 bits per heavy atom. The molecule has 2 unspecified atom stereocenters. The zero-order chi connectivity index (χ0) is 13.2. The monoisotopic (exact) mass is 258 g/mol. The van der Waals surface area contributed by atoms with Crippen LogP contribution in [0.15, 0.2) is 35.5 Å². The third kappa shape index (κ3) is 2.39. The Kier molecular flexibility index (Phi) is 3.56. The maximum absolute atomic E-state index is 5.79. The first-order valence-electron chi connectivity index (χ1n) is 7.30. The number of rotatable bonds is 3. The molecule has 3 nitrogen and oxygen atoms in total. The van der Waals surface area contributed by atoms with E-state index in [0.717, 1.165) is 18.8 Å². The molecular weight excluding hydrogens is 236 g/mol. The van der Waals surface area contributed by atoms with E-state index < -0.39 is 0 Å². The molecule has 3 rings (SSSR count). The summed E-state index contributed by atoms with van der Waals surface area (Å²) in [6.07, 6.45) is 2.70. The summed E-state index contributed by atoms with van der Waals surface area (Å²) in [4.78, 5) is 8.24. The van der Waals surface area contributed by atoms with Gasteiger partial charge in [0, 0.05) is 13.1 Å². The molecule has 0 bridgehead atoms. The highest BCUT2D eigenvalue weighted by atomic mass is 16.7. The average molecular weight is 258 g/mol. The summed E-state index contributed by atoms with van der Waals surface area (Å²) in [5.74, 6) is 0.910. The molecule has 0 radical (unpaired) electrons. The zero-order valence-corrected chi connectivity index (χ0v) is 11.7. The molecule has 0 amide bonds. The number of oxime groups is 1. The van der Waals surface area contributed by atoms with Gasteiger partial charge in [-0.25, -0.2) is 0 Å². The van der Waals surface area contributed by atoms with Crippen molar-refractivity contribution in [2.24, 2.45) is 17.0 Å². The highest BCUT2D eigenvalue weighted by Gasteiger charge is 2.41. The molecule has 0 aromatic heterocycles. The van der Waals surface area contributed by atoms with E-state index in [-0.39, 0.29) is 6.23 Å². The quantitative estimate of drug-likeness (QED) is 0.832. The normalized spacial score (nSPS) is 27.6. The Morgan fingerprint density at radius 1 is 1.16 bits per heavy atom. The van der Waals surface area contributed by atoms with Crippen molar-refractivity contribution in [1.82, 2.24) is 4.90 Å². The second kappa shape index (κ2) is 5.33. The lowest BCUT2D eigenvalue weighted by atomic mass is 9.86. The van der Waals surface area contributed by atoms with Gasteiger partial charge in [0.25, 0.3) is 0 Å². The van der Waals surface area contributed by atoms with E-state index in [1.807, 2.05) is 6.07 Å². The lowest BCUT2D eigenvalue weighted by Gasteiger charge is -2.29. The van der Waals surface area contributed by atoms with Gasteiger partial charge in [-0.05, 0) is 24.3 Å². The predicted molar refractivity (Wildman–Crippen MR) is 77.0 cm³/mol. The number of nitrogens with zero attached hydrogens (tertiary/aromatic N) is 2. The molecule has 2 aliphatic heterocycles. The van der Waals surface area contributed by atoms with Gasteiger partial charge in [0.2, 0.25) is 0 Å². The van der Waals surface area contributed by atoms with Crippen LogP contribution < -0.4 is 0 Å². The van der Waals surface area contributed by atoms with Crippen molar-refractivity contribution in [2.75, 3.05) is 13.1 Å². The third-order valence-corrected chi connectivity index (χ3v) is 4.17. The van der Waals surface area contributed by atoms with Crippen LogP contribution in [-0.4, -0.2) is 29.9 Å². The second-order valence-corrected chi connectivity index (χ2v) is 5.85. The summed E-state index contributed by atoms with van der Waals surface area (Å²) >= 11 is 0. The van der Waals surface area contributed by atoms with E-state index in [9.17, 15) is 0 Å². The van der Waals surface area contributed by atoms with Crippen LogP contribution in [0.2, 0.25) is 0 Å². The van der Waals surface area contributed by atoms with Gasteiger partial charge in [0.05, 0.1) is 11.6 Å². The van der Waals surface area contributed by atoms with Gasteiger partial charge < -0.3 is 4.84 Å². The van der Waals surface area contributed by atoms with Crippen molar-refractivity contribution >= 4 is 5.71 Å². The van der Waals surface area contributed by atoms with Crippen LogP contribution >= 0.6 is 0 Å². The van der Waals surface area contributed by atoms with Crippen LogP contribution in [-0.2, 0) is 4.84 Å². The van der Waals surface area contributed by atoms with Gasteiger partial charge in [0.1, 0.15) is 0 Å². The highest BCUT2D eigenvalue weighted by molar-refractivity contribution is 6.03. The van der Waals surface area contributed by atoms with E-state index >= 15 is 0 Å². The zero-order valence-electron chi connectivity index (χ0n) is 11.7. The third-order valence-electron chi connectivity index (χ3n) is 4.17. The first kappa shape index (κ1) is 12.7. The molecular formula is C16H22N2O. The molecule has 0 N–H and O–H groups in total. The van der Waals surface area contributed by atoms with Gasteiger partial charge >= 0.3 is 0 Å². The maximum atomic E-state index is 5.79. The Morgan fingerprint density at radius 2 is 1.84 bits per heavy atom. The lowest BCUT2D eigenvalue weighted by Crippen LogP contribution is -2.41. The van der Waals surface area contributed by atoms with E-state index in [4.69, 9.17) is 4.84 Å². The van der Waals surface area contributed by atoms with Crippen LogP contribution in [0, 0.1) is 11.8 Å². The maximum Gasteiger partial charge on any atom is 0.190 e. The first-order valence-corrected chi connectivity index (χ1v) is 7.30. The van der Waals surface area contributed by atoms with Crippen molar-refractivity contribution in [3.63, 3.8) is 0 Å². The molecule has 0 saturated carbocycles. The summed E-state index contributed by atoms with van der Waals surface area (Å²) in [6.45, 7) is 6.82. The van der Waals surface area contributed by atoms with E-state index in [2.05, 4.69) is 48.2 Å². The number of hydrogen-bond donors (Lipinski definition) is 0. The molecule has 102 valence electrons. The Labute approximate surface area is 115 Å². The van der Waals surface area contributed by atoms with E-state index in [1.54, 1.807) is 0 Å². The SMILES string of the molecule is CC(C)C1C(c2ccccc2)=NOC1N1CCCC1. The number of likely N-dealkylation sites (tertiary alicyclic amines) is 1. The van der Waals surface area contributed by atoms with Crippen LogP contribution in [0.3, 0.4) is 0 Å². The molecule has 1 aromatic rings. The van der Waals surface area contributed by atoms with E-state index in [1.165, 1.54) is 18.4 Å². The topological polar surface area (TPSA) is 24.8 Å².